The van der Waals surface area contributed by atoms with Gasteiger partial charge in [-0.25, -0.2) is 0 Å². The number of rotatable bonds is 3. The van der Waals surface area contributed by atoms with Crippen molar-refractivity contribution in [3.05, 3.63) is 62.2 Å². The van der Waals surface area contributed by atoms with Gasteiger partial charge < -0.3 is 5.32 Å². The third kappa shape index (κ3) is 3.70. The molecule has 0 aromatic heterocycles. The molecule has 0 atom stereocenters. The van der Waals surface area contributed by atoms with Gasteiger partial charge in [0.1, 0.15) is 0 Å². The van der Waals surface area contributed by atoms with Crippen LogP contribution in [0.5, 0.6) is 0 Å². The zero-order valence-corrected chi connectivity index (χ0v) is 13.3. The van der Waals surface area contributed by atoms with E-state index in [1.165, 1.54) is 5.56 Å². The minimum Gasteiger partial charge on any atom is -0.321 e. The van der Waals surface area contributed by atoms with Crippen molar-refractivity contribution >= 4 is 45.8 Å². The highest BCUT2D eigenvalue weighted by Crippen LogP contribution is 2.24. The summed E-state index contributed by atoms with van der Waals surface area (Å²) in [5.41, 5.74) is 2.47. The minimum absolute atomic E-state index is 0.147. The maximum Gasteiger partial charge on any atom is 0.255 e. The summed E-state index contributed by atoms with van der Waals surface area (Å²) in [6.07, 6.45) is 0.963. The molecule has 0 unspecified atom stereocenters. The van der Waals surface area contributed by atoms with E-state index >= 15 is 0 Å². The van der Waals surface area contributed by atoms with Crippen molar-refractivity contribution in [1.29, 1.82) is 0 Å². The number of benzene rings is 2. The second-order valence-corrected chi connectivity index (χ2v) is 5.78. The lowest BCUT2D eigenvalue weighted by molar-refractivity contribution is 0.102. The Kier molecular flexibility index (Phi) is 4.82. The van der Waals surface area contributed by atoms with Gasteiger partial charge in [-0.15, -0.1) is 0 Å². The highest BCUT2D eigenvalue weighted by Gasteiger charge is 2.08. The predicted octanol–water partition coefficient (Wildman–Crippen LogP) is 4.76. The molecule has 0 aliphatic heterocycles. The first kappa shape index (κ1) is 14.3. The lowest BCUT2D eigenvalue weighted by Gasteiger charge is -2.08. The smallest absolute Gasteiger partial charge is 0.255 e. The molecule has 0 fully saturated rings. The number of amides is 1. The van der Waals surface area contributed by atoms with E-state index in [0.717, 1.165) is 9.99 Å². The van der Waals surface area contributed by atoms with Gasteiger partial charge in [0.15, 0.2) is 0 Å². The molecule has 0 saturated heterocycles. The average molecular weight is 386 g/mol. The van der Waals surface area contributed by atoms with Gasteiger partial charge in [-0.05, 0) is 64.9 Å². The quantitative estimate of drug-likeness (QED) is 0.758. The number of hydrogen-bond acceptors (Lipinski definition) is 1. The number of anilines is 1. The molecule has 0 radical (unpaired) electrons. The Hall–Kier alpha value is -1.07. The lowest BCUT2D eigenvalue weighted by atomic mass is 10.1. The first-order chi connectivity index (χ1) is 9.10. The van der Waals surface area contributed by atoms with E-state index in [2.05, 4.69) is 34.8 Å². The zero-order chi connectivity index (χ0) is 13.8. The van der Waals surface area contributed by atoms with Crippen LogP contribution in [-0.2, 0) is 6.42 Å². The van der Waals surface area contributed by atoms with Crippen molar-refractivity contribution in [2.45, 2.75) is 13.3 Å². The Morgan fingerprint density at radius 2 is 1.89 bits per heavy atom. The molecule has 0 aliphatic carbocycles. The van der Waals surface area contributed by atoms with E-state index in [1.807, 2.05) is 42.5 Å². The topological polar surface area (TPSA) is 29.1 Å². The molecule has 1 N–H and O–H groups in total. The second kappa shape index (κ2) is 6.39. The minimum atomic E-state index is -0.147. The Morgan fingerprint density at radius 1 is 1.21 bits per heavy atom. The van der Waals surface area contributed by atoms with Crippen LogP contribution in [0.25, 0.3) is 0 Å². The fraction of sp³-hybridized carbons (Fsp3) is 0.133. The first-order valence-electron chi connectivity index (χ1n) is 5.95. The van der Waals surface area contributed by atoms with E-state index in [1.54, 1.807) is 0 Å². The summed E-state index contributed by atoms with van der Waals surface area (Å²) in [5.74, 6) is -0.147. The maximum absolute atomic E-state index is 12.1. The van der Waals surface area contributed by atoms with Crippen LogP contribution < -0.4 is 5.32 Å². The predicted molar refractivity (Wildman–Crippen MR) is 87.9 cm³/mol. The Bertz CT molecular complexity index is 596. The van der Waals surface area contributed by atoms with E-state index < -0.39 is 0 Å². The molecule has 0 spiro atoms. The lowest BCUT2D eigenvalue weighted by Crippen LogP contribution is -2.12. The van der Waals surface area contributed by atoms with Crippen LogP contribution >= 0.6 is 34.2 Å². The van der Waals surface area contributed by atoms with E-state index in [9.17, 15) is 4.79 Å². The first-order valence-corrected chi connectivity index (χ1v) is 7.41. The number of aryl methyl sites for hydroxylation is 1. The summed E-state index contributed by atoms with van der Waals surface area (Å²) < 4.78 is 1.04. The van der Waals surface area contributed by atoms with Crippen molar-refractivity contribution < 1.29 is 4.79 Å². The fourth-order valence-electron chi connectivity index (χ4n) is 1.68. The van der Waals surface area contributed by atoms with Gasteiger partial charge >= 0.3 is 0 Å². The molecular formula is C15H13ClINO. The van der Waals surface area contributed by atoms with Gasteiger partial charge in [-0.2, -0.15) is 0 Å². The average Bonchev–Trinajstić information content (AvgIpc) is 2.42. The van der Waals surface area contributed by atoms with Crippen LogP contribution in [0.4, 0.5) is 5.69 Å². The van der Waals surface area contributed by atoms with Crippen LogP contribution in [-0.4, -0.2) is 5.91 Å². The highest BCUT2D eigenvalue weighted by molar-refractivity contribution is 14.1. The van der Waals surface area contributed by atoms with Gasteiger partial charge in [-0.3, -0.25) is 4.79 Å². The molecule has 19 heavy (non-hydrogen) atoms. The number of halogens is 2. The Morgan fingerprint density at radius 3 is 2.47 bits per heavy atom. The van der Waals surface area contributed by atoms with Crippen LogP contribution in [0.3, 0.4) is 0 Å². The van der Waals surface area contributed by atoms with E-state index in [0.29, 0.717) is 16.3 Å². The molecule has 2 nitrogen and oxygen atoms in total. The largest absolute Gasteiger partial charge is 0.321 e. The Balaban J connectivity index is 2.15. The zero-order valence-electron chi connectivity index (χ0n) is 10.4. The molecule has 1 amide bonds. The molecular weight excluding hydrogens is 373 g/mol. The molecule has 0 bridgehead atoms. The molecule has 0 saturated carbocycles. The van der Waals surface area contributed by atoms with Gasteiger partial charge in [0, 0.05) is 9.13 Å². The van der Waals surface area contributed by atoms with E-state index in [4.69, 9.17) is 11.6 Å². The third-order valence-corrected chi connectivity index (χ3v) is 3.79. The van der Waals surface area contributed by atoms with Crippen molar-refractivity contribution in [1.82, 2.24) is 0 Å². The molecule has 0 aliphatic rings. The Labute approximate surface area is 131 Å². The number of carbonyl (C=O) groups is 1. The van der Waals surface area contributed by atoms with Crippen LogP contribution in [0, 0.1) is 3.57 Å². The number of hydrogen-bond donors (Lipinski definition) is 1. The van der Waals surface area contributed by atoms with Gasteiger partial charge in [0.05, 0.1) is 10.7 Å². The maximum atomic E-state index is 12.1. The molecule has 98 valence electrons. The monoisotopic (exact) mass is 385 g/mol. The summed E-state index contributed by atoms with van der Waals surface area (Å²) in [6, 6.07) is 13.1. The SMILES string of the molecule is CCc1ccc(C(=O)Nc2ccc(I)cc2Cl)cc1. The normalized spacial score (nSPS) is 10.3. The third-order valence-electron chi connectivity index (χ3n) is 2.80. The van der Waals surface area contributed by atoms with Crippen LogP contribution in [0.2, 0.25) is 5.02 Å². The molecule has 2 rings (SSSR count). The second-order valence-electron chi connectivity index (χ2n) is 4.13. The van der Waals surface area contributed by atoms with Crippen molar-refractivity contribution in [2.24, 2.45) is 0 Å². The standard InChI is InChI=1S/C15H13ClINO/c1-2-10-3-5-11(6-4-10)15(19)18-14-8-7-12(17)9-13(14)16/h3-9H,2H2,1H3,(H,18,19). The van der Waals surface area contributed by atoms with Crippen LogP contribution in [0.15, 0.2) is 42.5 Å². The summed E-state index contributed by atoms with van der Waals surface area (Å²) in [4.78, 5) is 12.1. The van der Waals surface area contributed by atoms with E-state index in [-0.39, 0.29) is 5.91 Å². The summed E-state index contributed by atoms with van der Waals surface area (Å²) in [5, 5.41) is 3.36. The summed E-state index contributed by atoms with van der Waals surface area (Å²) >= 11 is 8.27. The summed E-state index contributed by atoms with van der Waals surface area (Å²) in [7, 11) is 0. The van der Waals surface area contributed by atoms with Crippen LogP contribution in [0.1, 0.15) is 22.8 Å². The highest BCUT2D eigenvalue weighted by atomic mass is 127. The number of carbonyl (C=O) groups excluding carboxylic acids is 1. The van der Waals surface area contributed by atoms with Crippen molar-refractivity contribution in [3.63, 3.8) is 0 Å². The fourth-order valence-corrected chi connectivity index (χ4v) is 2.58. The molecule has 2 aromatic carbocycles. The van der Waals surface area contributed by atoms with Crippen molar-refractivity contribution in [3.8, 4) is 0 Å². The molecule has 2 aromatic rings. The molecule has 4 heteroatoms. The number of nitrogens with one attached hydrogen (secondary N) is 1. The molecule has 0 heterocycles. The summed E-state index contributed by atoms with van der Waals surface area (Å²) in [6.45, 7) is 2.08. The van der Waals surface area contributed by atoms with Gasteiger partial charge in [0.2, 0.25) is 0 Å². The van der Waals surface area contributed by atoms with Gasteiger partial charge in [-0.1, -0.05) is 30.7 Å². The van der Waals surface area contributed by atoms with Crippen molar-refractivity contribution in [2.75, 3.05) is 5.32 Å². The van der Waals surface area contributed by atoms with Gasteiger partial charge in [0.25, 0.3) is 5.91 Å².